The number of hydrogen-bond acceptors (Lipinski definition) is 3. The number of phenols is 1. The van der Waals surface area contributed by atoms with Crippen LogP contribution in [-0.4, -0.2) is 22.5 Å². The Bertz CT molecular complexity index is 402. The Morgan fingerprint density at radius 3 is 1.94 bits per heavy atom. The zero-order chi connectivity index (χ0) is 13.4. The maximum atomic E-state index is 12.3. The fraction of sp³-hybridized carbons (Fsp3) is 0.333. The summed E-state index contributed by atoms with van der Waals surface area (Å²) in [6, 6.07) is 0.822. The highest BCUT2D eigenvalue weighted by Crippen LogP contribution is 2.37. The van der Waals surface area contributed by atoms with Crippen molar-refractivity contribution in [2.24, 2.45) is 5.73 Å². The second-order valence-corrected chi connectivity index (χ2v) is 5.05. The lowest BCUT2D eigenvalue weighted by Gasteiger charge is -2.22. The van der Waals surface area contributed by atoms with Gasteiger partial charge in [-0.3, -0.25) is 0 Å². The van der Waals surface area contributed by atoms with Crippen molar-refractivity contribution < 1.29 is 23.4 Å². The molecule has 4 N–H and O–H groups in total. The summed E-state index contributed by atoms with van der Waals surface area (Å²) in [5.41, 5.74) is 5.37. The molecule has 0 radical (unpaired) electrons. The van der Waals surface area contributed by atoms with Gasteiger partial charge in [-0.25, -0.2) is 0 Å². The van der Waals surface area contributed by atoms with Crippen LogP contribution in [0.3, 0.4) is 0 Å². The van der Waals surface area contributed by atoms with Gasteiger partial charge in [0.05, 0.1) is 15.0 Å². The minimum Gasteiger partial charge on any atom is -0.506 e. The predicted octanol–water partition coefficient (Wildman–Crippen LogP) is 2.84. The van der Waals surface area contributed by atoms with E-state index in [9.17, 15) is 18.3 Å². The smallest absolute Gasteiger partial charge is 0.416 e. The number of hydrogen-bond donors (Lipinski definition) is 3. The average Bonchev–Trinajstić information content (AvgIpc) is 2.21. The van der Waals surface area contributed by atoms with Crippen LogP contribution in [0.5, 0.6) is 5.75 Å². The van der Waals surface area contributed by atoms with Crippen LogP contribution in [-0.2, 0) is 0 Å². The fourth-order valence-corrected chi connectivity index (χ4v) is 2.39. The molecule has 3 nitrogen and oxygen atoms in total. The van der Waals surface area contributed by atoms with Crippen LogP contribution >= 0.6 is 31.9 Å². The molecule has 0 bridgehead atoms. The van der Waals surface area contributed by atoms with Crippen LogP contribution in [0.2, 0.25) is 0 Å². The number of aromatic hydroxyl groups is 1. The molecule has 0 heterocycles. The first-order valence-corrected chi connectivity index (χ1v) is 5.91. The van der Waals surface area contributed by atoms with E-state index in [4.69, 9.17) is 10.8 Å². The third-order valence-electron chi connectivity index (χ3n) is 2.10. The monoisotopic (exact) mass is 377 g/mol. The van der Waals surface area contributed by atoms with Crippen LogP contribution in [0.4, 0.5) is 13.2 Å². The second kappa shape index (κ2) is 5.13. The van der Waals surface area contributed by atoms with Crippen molar-refractivity contribution in [2.75, 3.05) is 0 Å². The molecule has 0 aliphatic rings. The molecule has 8 heteroatoms. The van der Waals surface area contributed by atoms with Crippen molar-refractivity contribution in [1.82, 2.24) is 0 Å². The quantitative estimate of drug-likeness (QED) is 0.741. The standard InChI is InChI=1S/C9H8Br2F3NO2/c10-4-1-3(2-5(11)7(4)16)6(15)8(17)9(12,13)14/h1-2,6,8,16-17H,15H2/t6-,8-/m1/s1. The Balaban J connectivity index is 3.09. The fourth-order valence-electron chi connectivity index (χ4n) is 1.16. The number of benzene rings is 1. The first kappa shape index (κ1) is 14.7. The predicted molar refractivity (Wildman–Crippen MR) is 62.5 cm³/mol. The van der Waals surface area contributed by atoms with Crippen LogP contribution in [0.15, 0.2) is 21.1 Å². The molecule has 96 valence electrons. The van der Waals surface area contributed by atoms with Crippen LogP contribution in [0.25, 0.3) is 0 Å². The molecule has 0 aliphatic heterocycles. The summed E-state index contributed by atoms with van der Waals surface area (Å²) in [7, 11) is 0. The summed E-state index contributed by atoms with van der Waals surface area (Å²) in [6.07, 6.45) is -7.46. The number of alkyl halides is 3. The van der Waals surface area contributed by atoms with Gasteiger partial charge in [0.25, 0.3) is 0 Å². The lowest BCUT2D eigenvalue weighted by atomic mass is 10.0. The molecule has 1 aromatic carbocycles. The number of phenolic OH excluding ortho intramolecular Hbond substituents is 1. The van der Waals surface area contributed by atoms with Crippen LogP contribution in [0, 0.1) is 0 Å². The van der Waals surface area contributed by atoms with E-state index in [1.807, 2.05) is 0 Å². The van der Waals surface area contributed by atoms with Crippen molar-refractivity contribution in [3.63, 3.8) is 0 Å². The van der Waals surface area contributed by atoms with Gasteiger partial charge in [0, 0.05) is 0 Å². The minimum absolute atomic E-state index is 0.0476. The van der Waals surface area contributed by atoms with Gasteiger partial charge in [0.1, 0.15) is 5.75 Å². The van der Waals surface area contributed by atoms with Gasteiger partial charge in [-0.1, -0.05) is 0 Å². The summed E-state index contributed by atoms with van der Waals surface area (Å²) in [5.74, 6) is -0.151. The van der Waals surface area contributed by atoms with Crippen molar-refractivity contribution >= 4 is 31.9 Å². The Morgan fingerprint density at radius 2 is 1.59 bits per heavy atom. The van der Waals surface area contributed by atoms with Crippen molar-refractivity contribution in [1.29, 1.82) is 0 Å². The number of rotatable bonds is 2. The van der Waals surface area contributed by atoms with Crippen LogP contribution in [0.1, 0.15) is 11.6 Å². The van der Waals surface area contributed by atoms with Gasteiger partial charge in [-0.05, 0) is 49.6 Å². The molecule has 17 heavy (non-hydrogen) atoms. The molecule has 0 saturated heterocycles. The highest BCUT2D eigenvalue weighted by atomic mass is 79.9. The van der Waals surface area contributed by atoms with Gasteiger partial charge in [-0.2, -0.15) is 13.2 Å². The number of halogens is 5. The number of nitrogens with two attached hydrogens (primary N) is 1. The normalized spacial score (nSPS) is 15.7. The second-order valence-electron chi connectivity index (χ2n) is 3.35. The van der Waals surface area contributed by atoms with Gasteiger partial charge in [0.15, 0.2) is 6.10 Å². The molecular weight excluding hydrogens is 371 g/mol. The zero-order valence-corrected chi connectivity index (χ0v) is 11.3. The molecule has 0 saturated carbocycles. The average molecular weight is 379 g/mol. The van der Waals surface area contributed by atoms with Crippen LogP contribution < -0.4 is 5.73 Å². The summed E-state index contributed by atoms with van der Waals surface area (Å²) < 4.78 is 37.2. The highest BCUT2D eigenvalue weighted by Gasteiger charge is 2.42. The van der Waals surface area contributed by atoms with E-state index in [2.05, 4.69) is 31.9 Å². The first-order valence-electron chi connectivity index (χ1n) is 4.33. The maximum Gasteiger partial charge on any atom is 0.416 e. The highest BCUT2D eigenvalue weighted by molar-refractivity contribution is 9.11. The van der Waals surface area contributed by atoms with E-state index < -0.39 is 18.3 Å². The molecule has 0 spiro atoms. The Morgan fingerprint density at radius 1 is 1.18 bits per heavy atom. The van der Waals surface area contributed by atoms with Crippen molar-refractivity contribution in [3.8, 4) is 5.75 Å². The van der Waals surface area contributed by atoms with E-state index in [1.165, 1.54) is 12.1 Å². The van der Waals surface area contributed by atoms with E-state index in [-0.39, 0.29) is 20.3 Å². The lowest BCUT2D eigenvalue weighted by Crippen LogP contribution is -2.38. The van der Waals surface area contributed by atoms with Gasteiger partial charge in [0.2, 0.25) is 0 Å². The number of aliphatic hydroxyl groups is 1. The summed E-state index contributed by atoms with van der Waals surface area (Å²) in [4.78, 5) is 0. The molecule has 0 aromatic heterocycles. The Hall–Kier alpha value is -0.310. The summed E-state index contributed by atoms with van der Waals surface area (Å²) >= 11 is 5.93. The lowest BCUT2D eigenvalue weighted by molar-refractivity contribution is -0.210. The first-order chi connectivity index (χ1) is 7.64. The van der Waals surface area contributed by atoms with Crippen molar-refractivity contribution in [2.45, 2.75) is 18.3 Å². The summed E-state index contributed by atoms with van der Waals surface area (Å²) in [6.45, 7) is 0. The molecule has 1 aromatic rings. The SMILES string of the molecule is N[C@H](c1cc(Br)c(O)c(Br)c1)[C@@H](O)C(F)(F)F. The van der Waals surface area contributed by atoms with Gasteiger partial charge in [-0.15, -0.1) is 0 Å². The Kier molecular flexibility index (Phi) is 4.45. The Labute approximate surface area is 112 Å². The molecule has 0 aliphatic carbocycles. The molecule has 2 atom stereocenters. The minimum atomic E-state index is -4.80. The molecule has 0 unspecified atom stereocenters. The molecule has 1 rings (SSSR count). The zero-order valence-electron chi connectivity index (χ0n) is 8.17. The van der Waals surface area contributed by atoms with Gasteiger partial charge >= 0.3 is 6.18 Å². The molecule has 0 amide bonds. The molecule has 0 fully saturated rings. The topological polar surface area (TPSA) is 66.5 Å². The van der Waals surface area contributed by atoms with Crippen molar-refractivity contribution in [3.05, 3.63) is 26.6 Å². The van der Waals surface area contributed by atoms with E-state index in [1.54, 1.807) is 0 Å². The van der Waals surface area contributed by atoms with E-state index in [0.717, 1.165) is 0 Å². The van der Waals surface area contributed by atoms with E-state index in [0.29, 0.717) is 0 Å². The number of aliphatic hydroxyl groups excluding tert-OH is 1. The maximum absolute atomic E-state index is 12.3. The van der Waals surface area contributed by atoms with Gasteiger partial charge < -0.3 is 15.9 Å². The van der Waals surface area contributed by atoms with E-state index >= 15 is 0 Å². The molecular formula is C9H8Br2F3NO2. The summed E-state index contributed by atoms with van der Waals surface area (Å²) in [5, 5.41) is 18.4. The largest absolute Gasteiger partial charge is 0.506 e. The third kappa shape index (κ3) is 3.34. The third-order valence-corrected chi connectivity index (χ3v) is 3.31.